The fraction of sp³-hybridized carbons (Fsp3) is 0.526. The van der Waals surface area contributed by atoms with Crippen LogP contribution in [-0.4, -0.2) is 45.7 Å². The molecule has 3 N–H and O–H groups in total. The third-order valence-corrected chi connectivity index (χ3v) is 4.36. The first kappa shape index (κ1) is 18.2. The van der Waals surface area contributed by atoms with Crippen molar-refractivity contribution in [2.45, 2.75) is 51.7 Å². The first-order valence-corrected chi connectivity index (χ1v) is 9.09. The number of carbonyl (C=O) groups excluding carboxylic acids is 1. The molecule has 0 radical (unpaired) electrons. The number of nitrogen functional groups attached to an aromatic ring is 1. The zero-order valence-corrected chi connectivity index (χ0v) is 15.7. The van der Waals surface area contributed by atoms with Crippen molar-refractivity contribution >= 4 is 28.8 Å². The predicted molar refractivity (Wildman–Crippen MR) is 103 cm³/mol. The van der Waals surface area contributed by atoms with E-state index in [-0.39, 0.29) is 12.1 Å². The lowest BCUT2D eigenvalue weighted by Gasteiger charge is -2.36. The summed E-state index contributed by atoms with van der Waals surface area (Å²) in [4.78, 5) is 23.3. The Morgan fingerprint density at radius 2 is 1.96 bits per heavy atom. The molecule has 0 aliphatic carbocycles. The van der Waals surface area contributed by atoms with Crippen molar-refractivity contribution in [3.63, 3.8) is 0 Å². The standard InChI is InChI=1S/C19H27N5O2/c1-19(2,3)26-18(25)24-11-7-6-8-13(24)12-21-17-16(20)22-14-9-4-5-10-15(14)23-17/h4-5,9-10,13H,6-8,11-12H2,1-3H3,(H2,20,22)(H,21,23). The summed E-state index contributed by atoms with van der Waals surface area (Å²) in [6.45, 7) is 6.92. The maximum Gasteiger partial charge on any atom is 0.410 e. The number of benzene rings is 1. The van der Waals surface area contributed by atoms with E-state index in [0.717, 1.165) is 30.3 Å². The molecule has 1 aromatic heterocycles. The smallest absolute Gasteiger partial charge is 0.410 e. The highest BCUT2D eigenvalue weighted by Gasteiger charge is 2.30. The van der Waals surface area contributed by atoms with Crippen LogP contribution in [0.25, 0.3) is 11.0 Å². The molecular weight excluding hydrogens is 330 g/mol. The van der Waals surface area contributed by atoms with Crippen LogP contribution in [-0.2, 0) is 4.74 Å². The van der Waals surface area contributed by atoms with Gasteiger partial charge in [-0.15, -0.1) is 0 Å². The molecular formula is C19H27N5O2. The Balaban J connectivity index is 1.70. The molecule has 1 atom stereocenters. The van der Waals surface area contributed by atoms with Gasteiger partial charge in [-0.1, -0.05) is 12.1 Å². The van der Waals surface area contributed by atoms with Gasteiger partial charge in [0.1, 0.15) is 5.60 Å². The summed E-state index contributed by atoms with van der Waals surface area (Å²) in [7, 11) is 0. The van der Waals surface area contributed by atoms with Crippen LogP contribution in [0.2, 0.25) is 0 Å². The van der Waals surface area contributed by atoms with Crippen LogP contribution in [0.15, 0.2) is 24.3 Å². The monoisotopic (exact) mass is 357 g/mol. The van der Waals surface area contributed by atoms with Crippen molar-refractivity contribution in [2.24, 2.45) is 0 Å². The van der Waals surface area contributed by atoms with Crippen molar-refractivity contribution in [3.05, 3.63) is 24.3 Å². The van der Waals surface area contributed by atoms with Gasteiger partial charge in [0.2, 0.25) is 0 Å². The number of anilines is 2. The summed E-state index contributed by atoms with van der Waals surface area (Å²) in [5.41, 5.74) is 7.10. The zero-order chi connectivity index (χ0) is 18.7. The van der Waals surface area contributed by atoms with Gasteiger partial charge in [-0.3, -0.25) is 0 Å². The van der Waals surface area contributed by atoms with Gasteiger partial charge in [0.25, 0.3) is 0 Å². The number of piperidine rings is 1. The number of hydrogen-bond donors (Lipinski definition) is 2. The molecule has 7 heteroatoms. The second kappa shape index (κ2) is 7.35. The van der Waals surface area contributed by atoms with E-state index in [0.29, 0.717) is 24.7 Å². The van der Waals surface area contributed by atoms with E-state index in [4.69, 9.17) is 10.5 Å². The van der Waals surface area contributed by atoms with Crippen LogP contribution in [0, 0.1) is 0 Å². The van der Waals surface area contributed by atoms with Crippen molar-refractivity contribution in [1.29, 1.82) is 0 Å². The van der Waals surface area contributed by atoms with Gasteiger partial charge in [-0.05, 0) is 52.2 Å². The highest BCUT2D eigenvalue weighted by atomic mass is 16.6. The highest BCUT2D eigenvalue weighted by Crippen LogP contribution is 2.23. The van der Waals surface area contributed by atoms with Gasteiger partial charge in [0.15, 0.2) is 11.6 Å². The summed E-state index contributed by atoms with van der Waals surface area (Å²) >= 11 is 0. The van der Waals surface area contributed by atoms with Gasteiger partial charge in [-0.2, -0.15) is 0 Å². The molecule has 3 rings (SSSR count). The molecule has 0 spiro atoms. The van der Waals surface area contributed by atoms with E-state index in [1.165, 1.54) is 0 Å². The average molecular weight is 357 g/mol. The molecule has 1 saturated heterocycles. The normalized spacial score (nSPS) is 18.0. The molecule has 7 nitrogen and oxygen atoms in total. The molecule has 2 aromatic rings. The Labute approximate surface area is 153 Å². The molecule has 26 heavy (non-hydrogen) atoms. The van der Waals surface area contributed by atoms with Gasteiger partial charge in [-0.25, -0.2) is 14.8 Å². The van der Waals surface area contributed by atoms with Crippen LogP contribution < -0.4 is 11.1 Å². The summed E-state index contributed by atoms with van der Waals surface area (Å²) in [5, 5.41) is 3.27. The molecule has 1 aromatic carbocycles. The maximum atomic E-state index is 12.5. The van der Waals surface area contributed by atoms with Crippen molar-refractivity contribution in [1.82, 2.24) is 14.9 Å². The topological polar surface area (TPSA) is 93.4 Å². The first-order chi connectivity index (χ1) is 12.3. The van der Waals surface area contributed by atoms with Crippen molar-refractivity contribution in [2.75, 3.05) is 24.1 Å². The number of ether oxygens (including phenoxy) is 1. The second-order valence-corrected chi connectivity index (χ2v) is 7.65. The second-order valence-electron chi connectivity index (χ2n) is 7.65. The van der Waals surface area contributed by atoms with Crippen LogP contribution in [0.5, 0.6) is 0 Å². The fourth-order valence-corrected chi connectivity index (χ4v) is 3.13. The van der Waals surface area contributed by atoms with Crippen molar-refractivity contribution in [3.8, 4) is 0 Å². The molecule has 1 unspecified atom stereocenters. The Morgan fingerprint density at radius 3 is 2.65 bits per heavy atom. The Morgan fingerprint density at radius 1 is 1.27 bits per heavy atom. The third kappa shape index (κ3) is 4.33. The maximum absolute atomic E-state index is 12.5. The number of hydrogen-bond acceptors (Lipinski definition) is 6. The van der Waals surface area contributed by atoms with Gasteiger partial charge < -0.3 is 20.7 Å². The van der Waals surface area contributed by atoms with E-state index < -0.39 is 5.60 Å². The summed E-state index contributed by atoms with van der Waals surface area (Å²) in [5.74, 6) is 0.918. The number of fused-ring (bicyclic) bond motifs is 1. The number of nitrogens with zero attached hydrogens (tertiary/aromatic N) is 3. The number of para-hydroxylation sites is 2. The molecule has 140 valence electrons. The van der Waals surface area contributed by atoms with Crippen LogP contribution in [0.1, 0.15) is 40.0 Å². The molecule has 1 fully saturated rings. The lowest BCUT2D eigenvalue weighted by molar-refractivity contribution is 0.0114. The first-order valence-electron chi connectivity index (χ1n) is 9.09. The number of nitrogens with two attached hydrogens (primary N) is 1. The zero-order valence-electron chi connectivity index (χ0n) is 15.7. The van der Waals surface area contributed by atoms with E-state index in [2.05, 4.69) is 15.3 Å². The minimum Gasteiger partial charge on any atom is -0.444 e. The van der Waals surface area contributed by atoms with E-state index in [9.17, 15) is 4.79 Å². The van der Waals surface area contributed by atoms with Crippen molar-refractivity contribution < 1.29 is 9.53 Å². The van der Waals surface area contributed by atoms with E-state index in [1.807, 2.05) is 49.9 Å². The Hall–Kier alpha value is -2.57. The number of aromatic nitrogens is 2. The summed E-state index contributed by atoms with van der Waals surface area (Å²) in [6.07, 6.45) is 2.74. The van der Waals surface area contributed by atoms with Gasteiger partial charge in [0, 0.05) is 13.1 Å². The summed E-state index contributed by atoms with van der Waals surface area (Å²) < 4.78 is 5.55. The number of nitrogens with one attached hydrogen (secondary N) is 1. The third-order valence-electron chi connectivity index (χ3n) is 4.36. The number of amides is 1. The van der Waals surface area contributed by atoms with E-state index >= 15 is 0 Å². The summed E-state index contributed by atoms with van der Waals surface area (Å²) in [6, 6.07) is 7.66. The highest BCUT2D eigenvalue weighted by molar-refractivity contribution is 5.79. The molecule has 1 amide bonds. The lowest BCUT2D eigenvalue weighted by Crippen LogP contribution is -2.49. The largest absolute Gasteiger partial charge is 0.444 e. The molecule has 0 bridgehead atoms. The molecule has 0 saturated carbocycles. The SMILES string of the molecule is CC(C)(C)OC(=O)N1CCCCC1CNc1nc2ccccc2nc1N. The number of rotatable bonds is 3. The quantitative estimate of drug-likeness (QED) is 0.874. The van der Waals surface area contributed by atoms with Gasteiger partial charge in [0.05, 0.1) is 17.1 Å². The number of likely N-dealkylation sites (tertiary alicyclic amines) is 1. The number of carbonyl (C=O) groups is 1. The molecule has 1 aliphatic heterocycles. The van der Waals surface area contributed by atoms with Crippen LogP contribution in [0.3, 0.4) is 0 Å². The molecule has 1 aliphatic rings. The van der Waals surface area contributed by atoms with Crippen LogP contribution in [0.4, 0.5) is 16.4 Å². The van der Waals surface area contributed by atoms with E-state index in [1.54, 1.807) is 0 Å². The van der Waals surface area contributed by atoms with Gasteiger partial charge >= 0.3 is 6.09 Å². The van der Waals surface area contributed by atoms with Crippen LogP contribution >= 0.6 is 0 Å². The average Bonchev–Trinajstić information content (AvgIpc) is 2.58. The minimum atomic E-state index is -0.499. The Kier molecular flexibility index (Phi) is 5.15. The predicted octanol–water partition coefficient (Wildman–Crippen LogP) is 3.41. The molecule has 2 heterocycles. The minimum absolute atomic E-state index is 0.0475. The Bertz CT molecular complexity index is 787. The fourth-order valence-electron chi connectivity index (χ4n) is 3.13. The lowest BCUT2D eigenvalue weighted by atomic mass is 10.0.